The third-order valence-electron chi connectivity index (χ3n) is 5.76. The van der Waals surface area contributed by atoms with Gasteiger partial charge in [-0.05, 0) is 51.4 Å². The lowest BCUT2D eigenvalue weighted by atomic mass is 9.79. The van der Waals surface area contributed by atoms with Crippen LogP contribution in [0.3, 0.4) is 0 Å². The zero-order valence-corrected chi connectivity index (χ0v) is 19.8. The van der Waals surface area contributed by atoms with Crippen LogP contribution in [0.1, 0.15) is 27.7 Å². The molecule has 0 unspecified atom stereocenters. The zero-order valence-electron chi connectivity index (χ0n) is 18.2. The standard InChI is InChI=1S/C14H19BN2O2.C8H7BrN2/c1-13(2)14(3,4)19-15(18-13)11-7-6-10-9-17(5)16-12(10)8-11;1-11-5-6-2-3-7(9)4-8(6)10-11/h6-9H,1-5H3;2-5H,1H3. The highest BCUT2D eigenvalue weighted by Crippen LogP contribution is 2.36. The minimum atomic E-state index is -0.323. The van der Waals surface area contributed by atoms with Gasteiger partial charge in [0.15, 0.2) is 0 Å². The Morgan fingerprint density at radius 1 is 0.800 bits per heavy atom. The van der Waals surface area contributed by atoms with Crippen molar-refractivity contribution in [1.82, 2.24) is 19.6 Å². The summed E-state index contributed by atoms with van der Waals surface area (Å²) in [5, 5.41) is 11.0. The molecule has 2 aromatic carbocycles. The van der Waals surface area contributed by atoms with E-state index < -0.39 is 0 Å². The molecule has 0 spiro atoms. The largest absolute Gasteiger partial charge is 0.494 e. The van der Waals surface area contributed by atoms with Gasteiger partial charge in [-0.2, -0.15) is 10.2 Å². The van der Waals surface area contributed by atoms with E-state index in [1.807, 2.05) is 66.2 Å². The predicted octanol–water partition coefficient (Wildman–Crippen LogP) is 4.21. The van der Waals surface area contributed by atoms with Crippen LogP contribution in [0.2, 0.25) is 0 Å². The molecule has 0 radical (unpaired) electrons. The van der Waals surface area contributed by atoms with E-state index >= 15 is 0 Å². The molecule has 30 heavy (non-hydrogen) atoms. The third kappa shape index (κ3) is 4.04. The number of rotatable bonds is 1. The molecule has 0 aliphatic carbocycles. The van der Waals surface area contributed by atoms with Gasteiger partial charge in [-0.15, -0.1) is 0 Å². The summed E-state index contributed by atoms with van der Waals surface area (Å²) in [6, 6.07) is 12.2. The van der Waals surface area contributed by atoms with Crippen LogP contribution >= 0.6 is 15.9 Å². The molecule has 3 heterocycles. The predicted molar refractivity (Wildman–Crippen MR) is 125 cm³/mol. The summed E-state index contributed by atoms with van der Waals surface area (Å²) >= 11 is 3.39. The molecule has 6 nitrogen and oxygen atoms in total. The number of nitrogens with zero attached hydrogens (tertiary/aromatic N) is 4. The van der Waals surface area contributed by atoms with E-state index in [9.17, 15) is 0 Å². The van der Waals surface area contributed by atoms with Crippen LogP contribution in [0.15, 0.2) is 53.3 Å². The van der Waals surface area contributed by atoms with Crippen LogP contribution in [-0.2, 0) is 23.4 Å². The van der Waals surface area contributed by atoms with Crippen LogP contribution in [-0.4, -0.2) is 37.9 Å². The molecule has 1 saturated heterocycles. The highest BCUT2D eigenvalue weighted by molar-refractivity contribution is 9.10. The minimum Gasteiger partial charge on any atom is -0.399 e. The molecule has 0 N–H and O–H groups in total. The second-order valence-corrected chi connectivity index (χ2v) is 9.63. The maximum absolute atomic E-state index is 6.05. The molecule has 5 rings (SSSR count). The Labute approximate surface area is 185 Å². The van der Waals surface area contributed by atoms with Crippen molar-refractivity contribution in [3.63, 3.8) is 0 Å². The first-order chi connectivity index (χ1) is 14.0. The van der Waals surface area contributed by atoms with Gasteiger partial charge in [0, 0.05) is 41.7 Å². The van der Waals surface area contributed by atoms with Crippen molar-refractivity contribution in [1.29, 1.82) is 0 Å². The molecule has 0 bridgehead atoms. The number of aromatic nitrogens is 4. The molecule has 0 amide bonds. The molecule has 4 aromatic rings. The number of benzene rings is 2. The van der Waals surface area contributed by atoms with Crippen molar-refractivity contribution in [3.8, 4) is 0 Å². The van der Waals surface area contributed by atoms with E-state index in [1.165, 1.54) is 5.39 Å². The van der Waals surface area contributed by atoms with Crippen molar-refractivity contribution in [2.45, 2.75) is 38.9 Å². The van der Waals surface area contributed by atoms with Gasteiger partial charge >= 0.3 is 7.12 Å². The fourth-order valence-electron chi connectivity index (χ4n) is 3.39. The second-order valence-electron chi connectivity index (χ2n) is 8.72. The summed E-state index contributed by atoms with van der Waals surface area (Å²) in [4.78, 5) is 0. The Hall–Kier alpha value is -2.16. The maximum Gasteiger partial charge on any atom is 0.494 e. The highest BCUT2D eigenvalue weighted by atomic mass is 79.9. The Bertz CT molecular complexity index is 1200. The average Bonchev–Trinajstić information content (AvgIpc) is 3.26. The van der Waals surface area contributed by atoms with Crippen LogP contribution in [0.25, 0.3) is 21.8 Å². The van der Waals surface area contributed by atoms with E-state index in [0.29, 0.717) is 0 Å². The maximum atomic E-state index is 6.05. The van der Waals surface area contributed by atoms with E-state index in [1.54, 1.807) is 0 Å². The van der Waals surface area contributed by atoms with Gasteiger partial charge in [-0.1, -0.05) is 34.1 Å². The van der Waals surface area contributed by atoms with Gasteiger partial charge in [0.1, 0.15) is 0 Å². The minimum absolute atomic E-state index is 0.309. The molecule has 1 aliphatic rings. The smallest absolute Gasteiger partial charge is 0.399 e. The number of halogens is 1. The monoisotopic (exact) mass is 468 g/mol. The molecule has 0 saturated carbocycles. The Balaban J connectivity index is 0.000000168. The van der Waals surface area contributed by atoms with Crippen molar-refractivity contribution < 1.29 is 9.31 Å². The SMILES string of the molecule is Cn1cc2ccc(B3OC(C)(C)C(C)(C)O3)cc2n1.Cn1cc2ccc(Br)cc2n1. The van der Waals surface area contributed by atoms with E-state index in [0.717, 1.165) is 26.4 Å². The molecule has 2 aromatic heterocycles. The normalized spacial score (nSPS) is 17.4. The van der Waals surface area contributed by atoms with E-state index in [4.69, 9.17) is 9.31 Å². The van der Waals surface area contributed by atoms with Crippen LogP contribution in [0.4, 0.5) is 0 Å². The molecule has 1 fully saturated rings. The average molecular weight is 469 g/mol. The first kappa shape index (κ1) is 21.1. The lowest BCUT2D eigenvalue weighted by molar-refractivity contribution is 0.00578. The van der Waals surface area contributed by atoms with Gasteiger partial charge in [-0.3, -0.25) is 9.36 Å². The van der Waals surface area contributed by atoms with Gasteiger partial charge in [0.05, 0.1) is 22.2 Å². The van der Waals surface area contributed by atoms with E-state index in [2.05, 4.69) is 59.9 Å². The van der Waals surface area contributed by atoms with Gasteiger partial charge in [-0.25, -0.2) is 0 Å². The van der Waals surface area contributed by atoms with Crippen LogP contribution < -0.4 is 5.46 Å². The summed E-state index contributed by atoms with van der Waals surface area (Å²) in [6.45, 7) is 8.25. The fraction of sp³-hybridized carbons (Fsp3) is 0.364. The van der Waals surface area contributed by atoms with Crippen molar-refractivity contribution in [2.75, 3.05) is 0 Å². The van der Waals surface area contributed by atoms with Gasteiger partial charge < -0.3 is 9.31 Å². The molecule has 8 heteroatoms. The first-order valence-electron chi connectivity index (χ1n) is 9.92. The molecule has 156 valence electrons. The van der Waals surface area contributed by atoms with Crippen LogP contribution in [0.5, 0.6) is 0 Å². The summed E-state index contributed by atoms with van der Waals surface area (Å²) in [5.74, 6) is 0. The Morgan fingerprint density at radius 3 is 1.87 bits per heavy atom. The topological polar surface area (TPSA) is 54.1 Å². The van der Waals surface area contributed by atoms with Crippen molar-refractivity contribution in [3.05, 3.63) is 53.3 Å². The second kappa shape index (κ2) is 7.52. The summed E-state index contributed by atoms with van der Waals surface area (Å²) in [7, 11) is 3.53. The summed E-state index contributed by atoms with van der Waals surface area (Å²) < 4.78 is 16.8. The molecule has 1 aliphatic heterocycles. The Kier molecular flexibility index (Phi) is 5.28. The molecular weight excluding hydrogens is 443 g/mol. The number of aryl methyl sites for hydroxylation is 2. The summed E-state index contributed by atoms with van der Waals surface area (Å²) in [5.41, 5.74) is 2.40. The Morgan fingerprint density at radius 2 is 1.30 bits per heavy atom. The number of fused-ring (bicyclic) bond motifs is 2. The number of hydrogen-bond acceptors (Lipinski definition) is 4. The molecular formula is C22H26BBrN4O2. The van der Waals surface area contributed by atoms with Gasteiger partial charge in [0.25, 0.3) is 0 Å². The number of hydrogen-bond donors (Lipinski definition) is 0. The first-order valence-corrected chi connectivity index (χ1v) is 10.7. The van der Waals surface area contributed by atoms with Crippen molar-refractivity contribution in [2.24, 2.45) is 14.1 Å². The van der Waals surface area contributed by atoms with E-state index in [-0.39, 0.29) is 18.3 Å². The highest BCUT2D eigenvalue weighted by Gasteiger charge is 2.51. The quantitative estimate of drug-likeness (QED) is 0.392. The van der Waals surface area contributed by atoms with Crippen molar-refractivity contribution >= 4 is 50.3 Å². The lowest BCUT2D eigenvalue weighted by Gasteiger charge is -2.32. The fourth-order valence-corrected chi connectivity index (χ4v) is 3.74. The lowest BCUT2D eigenvalue weighted by Crippen LogP contribution is -2.41. The molecule has 0 atom stereocenters. The zero-order chi connectivity index (χ0) is 21.7. The van der Waals surface area contributed by atoms with Gasteiger partial charge in [0.2, 0.25) is 0 Å². The third-order valence-corrected chi connectivity index (χ3v) is 6.25. The van der Waals surface area contributed by atoms with Crippen LogP contribution in [0, 0.1) is 0 Å². The summed E-state index contributed by atoms with van der Waals surface area (Å²) in [6.07, 6.45) is 4.01.